The summed E-state index contributed by atoms with van der Waals surface area (Å²) in [5, 5.41) is 3.32. The van der Waals surface area contributed by atoms with Crippen molar-refractivity contribution in [3.8, 4) is 18.1 Å². The van der Waals surface area contributed by atoms with E-state index >= 15 is 4.39 Å². The van der Waals surface area contributed by atoms with Gasteiger partial charge >= 0.3 is 0 Å². The minimum absolute atomic E-state index is 0.0913. The molecule has 4 aromatic rings. The van der Waals surface area contributed by atoms with Gasteiger partial charge in [0.25, 0.3) is 0 Å². The summed E-state index contributed by atoms with van der Waals surface area (Å²) in [6, 6.07) is 6.04. The molecule has 12 heteroatoms. The predicted octanol–water partition coefficient (Wildman–Crippen LogP) is 4.36. The zero-order chi connectivity index (χ0) is 26.5. The molecule has 6 rings (SSSR count). The minimum atomic E-state index is -1.52. The van der Waals surface area contributed by atoms with E-state index in [2.05, 4.69) is 36.2 Å². The SMILES string of the molecule is C#CCOc1cnc2c(Nc3ccc(F)c([C@@]4(CF)N=C(N)S[C@@]5(c6ocnc6C)C[C@@H]45)c3)ncnc2c1. The van der Waals surface area contributed by atoms with Crippen LogP contribution in [0.4, 0.5) is 20.3 Å². The highest BCUT2D eigenvalue weighted by Crippen LogP contribution is 2.71. The molecule has 1 fully saturated rings. The zero-order valence-electron chi connectivity index (χ0n) is 20.1. The summed E-state index contributed by atoms with van der Waals surface area (Å²) >= 11 is 1.31. The van der Waals surface area contributed by atoms with Crippen LogP contribution in [0.3, 0.4) is 0 Å². The Morgan fingerprint density at radius 2 is 2.16 bits per heavy atom. The van der Waals surface area contributed by atoms with E-state index in [1.165, 1.54) is 48.9 Å². The molecule has 0 unspecified atom stereocenters. The quantitative estimate of drug-likeness (QED) is 0.334. The van der Waals surface area contributed by atoms with Crippen LogP contribution in [0.15, 0.2) is 52.6 Å². The van der Waals surface area contributed by atoms with Gasteiger partial charge in [0.2, 0.25) is 0 Å². The molecule has 0 saturated heterocycles. The molecule has 0 spiro atoms. The number of nitrogens with zero attached hydrogens (tertiary/aromatic N) is 5. The van der Waals surface area contributed by atoms with Gasteiger partial charge in [-0.25, -0.2) is 33.7 Å². The predicted molar refractivity (Wildman–Crippen MR) is 139 cm³/mol. The van der Waals surface area contributed by atoms with Crippen molar-refractivity contribution in [2.24, 2.45) is 16.6 Å². The molecule has 2 aliphatic rings. The van der Waals surface area contributed by atoms with Gasteiger partial charge in [-0.1, -0.05) is 17.7 Å². The third kappa shape index (κ3) is 3.73. The number of oxazole rings is 1. The number of thioether (sulfide) groups is 1. The lowest BCUT2D eigenvalue weighted by Crippen LogP contribution is -2.39. The molecule has 0 radical (unpaired) electrons. The number of alkyl halides is 1. The number of nitrogens with one attached hydrogen (secondary N) is 1. The van der Waals surface area contributed by atoms with E-state index in [-0.39, 0.29) is 23.3 Å². The van der Waals surface area contributed by atoms with Gasteiger partial charge in [-0.15, -0.1) is 6.42 Å². The maximum Gasteiger partial charge on any atom is 0.181 e. The molecule has 3 N–H and O–H groups in total. The molecule has 1 aliphatic heterocycles. The van der Waals surface area contributed by atoms with Crippen molar-refractivity contribution in [3.05, 3.63) is 66.0 Å². The molecule has 3 atom stereocenters. The zero-order valence-corrected chi connectivity index (χ0v) is 20.9. The van der Waals surface area contributed by atoms with E-state index < -0.39 is 22.8 Å². The smallest absolute Gasteiger partial charge is 0.181 e. The molecule has 3 aromatic heterocycles. The van der Waals surface area contributed by atoms with E-state index in [1.807, 2.05) is 6.92 Å². The summed E-state index contributed by atoms with van der Waals surface area (Å²) in [7, 11) is 0. The number of aryl methyl sites for hydroxylation is 1. The molecule has 4 heterocycles. The minimum Gasteiger partial charge on any atom is -0.479 e. The average molecular weight is 534 g/mol. The summed E-state index contributed by atoms with van der Waals surface area (Å²) in [6.07, 6.45) is 9.99. The van der Waals surface area contributed by atoms with Crippen LogP contribution in [-0.2, 0) is 10.3 Å². The highest BCUT2D eigenvalue weighted by molar-refractivity contribution is 8.14. The first-order valence-corrected chi connectivity index (χ1v) is 12.5. The van der Waals surface area contributed by atoms with Crippen LogP contribution in [0.25, 0.3) is 11.0 Å². The van der Waals surface area contributed by atoms with E-state index in [9.17, 15) is 4.39 Å². The van der Waals surface area contributed by atoms with E-state index in [0.717, 1.165) is 0 Å². The second kappa shape index (κ2) is 8.95. The summed E-state index contributed by atoms with van der Waals surface area (Å²) in [5.41, 5.74) is 6.91. The third-order valence-corrected chi connectivity index (χ3v) is 8.19. The van der Waals surface area contributed by atoms with Crippen LogP contribution < -0.4 is 15.8 Å². The van der Waals surface area contributed by atoms with Crippen molar-refractivity contribution in [1.82, 2.24) is 19.9 Å². The van der Waals surface area contributed by atoms with Crippen molar-refractivity contribution >= 4 is 39.5 Å². The van der Waals surface area contributed by atoms with Crippen molar-refractivity contribution in [1.29, 1.82) is 0 Å². The number of terminal acetylenes is 1. The highest BCUT2D eigenvalue weighted by atomic mass is 32.2. The molecule has 1 aliphatic carbocycles. The molecule has 9 nitrogen and oxygen atoms in total. The Morgan fingerprint density at radius 3 is 2.92 bits per heavy atom. The standard InChI is InChI=1S/C26H21F2N7O2S/c1-3-6-36-16-8-19-21(30-10-16)23(32-12-31-19)34-15-4-5-18(28)17(7-15)25(11-27)20-9-26(20,38-24(29)35-25)22-14(2)33-13-37-22/h1,4-5,7-8,10,12-13,20H,6,9,11H2,2H3,(H2,29,35)(H,31,32,34)/t20-,25+,26-/m0/s1. The lowest BCUT2D eigenvalue weighted by molar-refractivity contribution is 0.259. The van der Waals surface area contributed by atoms with Crippen molar-refractivity contribution < 1.29 is 17.9 Å². The van der Waals surface area contributed by atoms with E-state index in [4.69, 9.17) is 21.3 Å². The topological polar surface area (TPSA) is 124 Å². The summed E-state index contributed by atoms with van der Waals surface area (Å²) in [5.74, 6) is 2.89. The normalized spacial score (nSPS) is 23.8. The van der Waals surface area contributed by atoms with Crippen molar-refractivity contribution in [2.45, 2.75) is 23.6 Å². The molecular formula is C26H21F2N7O2S. The Hall–Kier alpha value is -4.24. The van der Waals surface area contributed by atoms with Crippen molar-refractivity contribution in [3.63, 3.8) is 0 Å². The Balaban J connectivity index is 1.38. The van der Waals surface area contributed by atoms with Gasteiger partial charge in [0, 0.05) is 23.2 Å². The molecule has 1 saturated carbocycles. The van der Waals surface area contributed by atoms with Gasteiger partial charge < -0.3 is 20.2 Å². The highest BCUT2D eigenvalue weighted by Gasteiger charge is 2.71. The first kappa shape index (κ1) is 24.1. The lowest BCUT2D eigenvalue weighted by atomic mass is 9.84. The average Bonchev–Trinajstić information content (AvgIpc) is 3.50. The number of ether oxygens (including phenoxy) is 1. The maximum absolute atomic E-state index is 15.4. The van der Waals surface area contributed by atoms with Crippen LogP contribution in [0, 0.1) is 31.0 Å². The van der Waals surface area contributed by atoms with Crippen LogP contribution in [0.5, 0.6) is 5.75 Å². The van der Waals surface area contributed by atoms with Crippen LogP contribution in [0.2, 0.25) is 0 Å². The molecular weight excluding hydrogens is 512 g/mol. The molecule has 0 amide bonds. The lowest BCUT2D eigenvalue weighted by Gasteiger charge is -2.34. The number of pyridine rings is 1. The summed E-state index contributed by atoms with van der Waals surface area (Å²) in [4.78, 5) is 21.6. The van der Waals surface area contributed by atoms with Crippen molar-refractivity contribution in [2.75, 3.05) is 18.6 Å². The summed E-state index contributed by atoms with van der Waals surface area (Å²) < 4.78 is 40.8. The number of fused-ring (bicyclic) bond motifs is 2. The maximum atomic E-state index is 15.4. The van der Waals surface area contributed by atoms with E-state index in [1.54, 1.807) is 6.07 Å². The second-order valence-electron chi connectivity index (χ2n) is 9.10. The number of nitrogens with two attached hydrogens (primary N) is 1. The number of hydrogen-bond donors (Lipinski definition) is 2. The third-order valence-electron chi connectivity index (χ3n) is 6.88. The van der Waals surface area contributed by atoms with Gasteiger partial charge in [0.1, 0.15) is 48.0 Å². The van der Waals surface area contributed by atoms with Gasteiger partial charge in [-0.3, -0.25) is 0 Å². The number of halogens is 2. The van der Waals surface area contributed by atoms with Gasteiger partial charge in [-0.05, 0) is 31.5 Å². The van der Waals surface area contributed by atoms with E-state index in [0.29, 0.717) is 46.2 Å². The number of amidine groups is 1. The number of anilines is 2. The fourth-order valence-corrected chi connectivity index (χ4v) is 6.59. The Bertz CT molecular complexity index is 1640. The first-order valence-electron chi connectivity index (χ1n) is 11.6. The van der Waals surface area contributed by atoms with Crippen LogP contribution in [0.1, 0.15) is 23.4 Å². The number of benzene rings is 1. The molecule has 1 aromatic carbocycles. The molecule has 38 heavy (non-hydrogen) atoms. The van der Waals surface area contributed by atoms with Gasteiger partial charge in [0.05, 0.1) is 22.2 Å². The van der Waals surface area contributed by atoms with Crippen LogP contribution in [-0.4, -0.2) is 38.4 Å². The molecule has 192 valence electrons. The Morgan fingerprint density at radius 1 is 1.29 bits per heavy atom. The number of rotatable bonds is 7. The number of aliphatic imine (C=N–C) groups is 1. The second-order valence-corrected chi connectivity index (χ2v) is 10.4. The van der Waals surface area contributed by atoms with Crippen LogP contribution >= 0.6 is 11.8 Å². The fraction of sp³-hybridized carbons (Fsp3) is 0.269. The Kier molecular flexibility index (Phi) is 5.68. The summed E-state index contributed by atoms with van der Waals surface area (Å²) in [6.45, 7) is 0.979. The largest absolute Gasteiger partial charge is 0.479 e. The molecule has 0 bridgehead atoms. The number of aromatic nitrogens is 4. The van der Waals surface area contributed by atoms with Gasteiger partial charge in [0.15, 0.2) is 17.4 Å². The van der Waals surface area contributed by atoms with Gasteiger partial charge in [-0.2, -0.15) is 0 Å². The first-order chi connectivity index (χ1) is 18.4. The Labute approximate surface area is 220 Å². The monoisotopic (exact) mass is 533 g/mol. The number of hydrogen-bond acceptors (Lipinski definition) is 10. The fourth-order valence-electron chi connectivity index (χ4n) is 5.14.